The largest absolute Gasteiger partial charge is 0.316 e. The maximum absolute atomic E-state index is 13.0. The number of nitrogens with one attached hydrogen (secondary N) is 2. The molecule has 21 heavy (non-hydrogen) atoms. The van der Waals surface area contributed by atoms with Crippen molar-refractivity contribution in [1.82, 2.24) is 19.8 Å². The number of H-pyrrole nitrogens is 1. The van der Waals surface area contributed by atoms with E-state index in [0.717, 1.165) is 36.9 Å². The topological polar surface area (TPSA) is 78.1 Å². The minimum atomic E-state index is -3.53. The molecule has 0 radical (unpaired) electrons. The molecule has 2 rings (SSSR count). The van der Waals surface area contributed by atoms with E-state index in [9.17, 15) is 8.42 Å². The van der Waals surface area contributed by atoms with Gasteiger partial charge in [-0.25, -0.2) is 8.42 Å². The van der Waals surface area contributed by atoms with Crippen molar-refractivity contribution in [2.24, 2.45) is 0 Å². The van der Waals surface area contributed by atoms with E-state index >= 15 is 0 Å². The molecule has 1 aromatic rings. The van der Waals surface area contributed by atoms with E-state index in [0.29, 0.717) is 13.1 Å². The smallest absolute Gasteiger partial charge is 0.262 e. The first kappa shape index (κ1) is 16.5. The van der Waals surface area contributed by atoms with E-state index in [4.69, 9.17) is 0 Å². The summed E-state index contributed by atoms with van der Waals surface area (Å²) in [4.78, 5) is 0. The summed E-state index contributed by atoms with van der Waals surface area (Å²) in [7, 11) is -1.72. The Bertz CT molecular complexity index is 562. The molecule has 1 aliphatic rings. The maximum Gasteiger partial charge on any atom is 0.262 e. The SMILES string of the molecule is CCN(C1CCCCC1)S(=O)(=O)c1n[nH]c(C)c1CNC. The summed E-state index contributed by atoms with van der Waals surface area (Å²) < 4.78 is 27.6. The van der Waals surface area contributed by atoms with Gasteiger partial charge >= 0.3 is 0 Å². The van der Waals surface area contributed by atoms with Gasteiger partial charge in [-0.05, 0) is 26.8 Å². The molecule has 0 saturated heterocycles. The Kier molecular flexibility index (Phi) is 5.40. The van der Waals surface area contributed by atoms with Gasteiger partial charge in [0.2, 0.25) is 0 Å². The van der Waals surface area contributed by atoms with Gasteiger partial charge in [0, 0.05) is 30.4 Å². The number of aromatic amines is 1. The summed E-state index contributed by atoms with van der Waals surface area (Å²) in [6.07, 6.45) is 5.34. The van der Waals surface area contributed by atoms with Gasteiger partial charge in [0.05, 0.1) is 0 Å². The summed E-state index contributed by atoms with van der Waals surface area (Å²) in [5, 5.41) is 10.1. The first-order valence-corrected chi connectivity index (χ1v) is 9.16. The molecule has 120 valence electrons. The second-order valence-corrected chi connectivity index (χ2v) is 7.47. The summed E-state index contributed by atoms with van der Waals surface area (Å²) in [6.45, 7) is 4.76. The fraction of sp³-hybridized carbons (Fsp3) is 0.786. The van der Waals surface area contributed by atoms with Crippen molar-refractivity contribution in [2.45, 2.75) is 63.6 Å². The molecule has 1 fully saturated rings. The number of nitrogens with zero attached hydrogens (tertiary/aromatic N) is 2. The molecule has 0 spiro atoms. The molecule has 1 aliphatic carbocycles. The molecule has 1 heterocycles. The normalized spacial score (nSPS) is 17.5. The molecule has 0 atom stereocenters. The highest BCUT2D eigenvalue weighted by atomic mass is 32.2. The lowest BCUT2D eigenvalue weighted by molar-refractivity contribution is 0.260. The zero-order valence-electron chi connectivity index (χ0n) is 13.1. The number of hydrogen-bond acceptors (Lipinski definition) is 4. The van der Waals surface area contributed by atoms with Crippen molar-refractivity contribution < 1.29 is 8.42 Å². The zero-order chi connectivity index (χ0) is 15.5. The molecule has 6 nitrogen and oxygen atoms in total. The minimum Gasteiger partial charge on any atom is -0.316 e. The Morgan fingerprint density at radius 3 is 2.57 bits per heavy atom. The Labute approximate surface area is 127 Å². The van der Waals surface area contributed by atoms with Gasteiger partial charge < -0.3 is 5.32 Å². The molecule has 0 unspecified atom stereocenters. The van der Waals surface area contributed by atoms with Crippen LogP contribution in [0, 0.1) is 6.92 Å². The van der Waals surface area contributed by atoms with Crippen LogP contribution in [0.15, 0.2) is 5.03 Å². The van der Waals surface area contributed by atoms with Crippen LogP contribution in [0.25, 0.3) is 0 Å². The third-order valence-corrected chi connectivity index (χ3v) is 6.24. The first-order chi connectivity index (χ1) is 10.0. The van der Waals surface area contributed by atoms with Crippen LogP contribution in [-0.2, 0) is 16.6 Å². The van der Waals surface area contributed by atoms with E-state index in [2.05, 4.69) is 15.5 Å². The number of hydrogen-bond donors (Lipinski definition) is 2. The highest BCUT2D eigenvalue weighted by Crippen LogP contribution is 2.28. The summed E-state index contributed by atoms with van der Waals surface area (Å²) >= 11 is 0. The number of sulfonamides is 1. The molecule has 1 saturated carbocycles. The lowest BCUT2D eigenvalue weighted by Gasteiger charge is -2.32. The Hall–Kier alpha value is -0.920. The van der Waals surface area contributed by atoms with Gasteiger partial charge in [-0.15, -0.1) is 0 Å². The molecule has 0 aromatic carbocycles. The fourth-order valence-corrected chi connectivity index (χ4v) is 5.00. The average Bonchev–Trinajstić information content (AvgIpc) is 2.83. The van der Waals surface area contributed by atoms with E-state index in [1.54, 1.807) is 4.31 Å². The third kappa shape index (κ3) is 3.30. The lowest BCUT2D eigenvalue weighted by atomic mass is 9.95. The van der Waals surface area contributed by atoms with Crippen LogP contribution in [0.4, 0.5) is 0 Å². The lowest BCUT2D eigenvalue weighted by Crippen LogP contribution is -2.41. The van der Waals surface area contributed by atoms with E-state index < -0.39 is 10.0 Å². The monoisotopic (exact) mass is 314 g/mol. The van der Waals surface area contributed by atoms with Crippen molar-refractivity contribution in [3.05, 3.63) is 11.3 Å². The predicted molar refractivity (Wildman–Crippen MR) is 82.5 cm³/mol. The number of aryl methyl sites for hydroxylation is 1. The van der Waals surface area contributed by atoms with Crippen LogP contribution in [0.1, 0.15) is 50.3 Å². The second-order valence-electron chi connectivity index (χ2n) is 5.66. The van der Waals surface area contributed by atoms with E-state index in [1.807, 2.05) is 20.9 Å². The van der Waals surface area contributed by atoms with Crippen molar-refractivity contribution in [3.8, 4) is 0 Å². The Morgan fingerprint density at radius 1 is 1.33 bits per heavy atom. The van der Waals surface area contributed by atoms with Crippen LogP contribution >= 0.6 is 0 Å². The molecular formula is C14H26N4O2S. The summed E-state index contributed by atoms with van der Waals surface area (Å²) in [5.74, 6) is 0. The van der Waals surface area contributed by atoms with Crippen molar-refractivity contribution in [3.63, 3.8) is 0 Å². The molecule has 0 amide bonds. The molecule has 1 aromatic heterocycles. The first-order valence-electron chi connectivity index (χ1n) is 7.72. The molecular weight excluding hydrogens is 288 g/mol. The third-order valence-electron chi connectivity index (χ3n) is 4.24. The van der Waals surface area contributed by atoms with Gasteiger partial charge in [0.1, 0.15) is 0 Å². The van der Waals surface area contributed by atoms with E-state index in [-0.39, 0.29) is 11.1 Å². The molecule has 2 N–H and O–H groups in total. The second kappa shape index (κ2) is 6.89. The Morgan fingerprint density at radius 2 is 2.00 bits per heavy atom. The van der Waals surface area contributed by atoms with Crippen LogP contribution in [0.3, 0.4) is 0 Å². The maximum atomic E-state index is 13.0. The number of aromatic nitrogens is 2. The highest BCUT2D eigenvalue weighted by Gasteiger charge is 2.34. The van der Waals surface area contributed by atoms with Crippen LogP contribution in [0.2, 0.25) is 0 Å². The summed E-state index contributed by atoms with van der Waals surface area (Å²) in [6, 6.07) is 0.119. The van der Waals surface area contributed by atoms with Crippen molar-refractivity contribution >= 4 is 10.0 Å². The van der Waals surface area contributed by atoms with Gasteiger partial charge in [-0.1, -0.05) is 26.2 Å². The number of rotatable bonds is 6. The molecule has 0 aliphatic heterocycles. The van der Waals surface area contributed by atoms with Crippen LogP contribution in [0.5, 0.6) is 0 Å². The van der Waals surface area contributed by atoms with Gasteiger partial charge in [0.15, 0.2) is 5.03 Å². The minimum absolute atomic E-state index is 0.119. The van der Waals surface area contributed by atoms with Gasteiger partial charge in [-0.2, -0.15) is 9.40 Å². The molecule has 0 bridgehead atoms. The Balaban J connectivity index is 2.34. The standard InChI is InChI=1S/C14H26N4O2S/c1-4-18(12-8-6-5-7-9-12)21(19,20)14-13(10-15-3)11(2)16-17-14/h12,15H,4-10H2,1-3H3,(H,16,17). The molecule has 7 heteroatoms. The fourth-order valence-electron chi connectivity index (χ4n) is 3.13. The van der Waals surface area contributed by atoms with E-state index in [1.165, 1.54) is 6.42 Å². The zero-order valence-corrected chi connectivity index (χ0v) is 14.0. The van der Waals surface area contributed by atoms with Crippen LogP contribution < -0.4 is 5.32 Å². The van der Waals surface area contributed by atoms with Gasteiger partial charge in [-0.3, -0.25) is 5.10 Å². The van der Waals surface area contributed by atoms with Gasteiger partial charge in [0.25, 0.3) is 10.0 Å². The highest BCUT2D eigenvalue weighted by molar-refractivity contribution is 7.89. The van der Waals surface area contributed by atoms with Crippen molar-refractivity contribution in [2.75, 3.05) is 13.6 Å². The van der Waals surface area contributed by atoms with Crippen LogP contribution in [-0.4, -0.2) is 42.6 Å². The van der Waals surface area contributed by atoms with Crippen molar-refractivity contribution in [1.29, 1.82) is 0 Å². The quantitative estimate of drug-likeness (QED) is 0.839. The average molecular weight is 314 g/mol. The predicted octanol–water partition coefficient (Wildman–Crippen LogP) is 1.78. The summed E-state index contributed by atoms with van der Waals surface area (Å²) in [5.41, 5.74) is 1.55.